The maximum atomic E-state index is 12.3. The fourth-order valence-electron chi connectivity index (χ4n) is 3.01. The van der Waals surface area contributed by atoms with Crippen LogP contribution in [0.1, 0.15) is 19.3 Å². The summed E-state index contributed by atoms with van der Waals surface area (Å²) < 4.78 is 5.16. The van der Waals surface area contributed by atoms with E-state index in [1.807, 2.05) is 12.2 Å². The molecule has 23 heavy (non-hydrogen) atoms. The molecule has 0 N–H and O–H groups in total. The lowest BCUT2D eigenvalue weighted by Gasteiger charge is -2.14. The number of nitrogens with zero attached hydrogens (tertiary/aromatic N) is 1. The number of benzene rings is 1. The molecule has 2 aliphatic rings. The van der Waals surface area contributed by atoms with Gasteiger partial charge in [0, 0.05) is 11.6 Å². The van der Waals surface area contributed by atoms with E-state index in [0.29, 0.717) is 23.6 Å². The molecular formula is C17H16ClNO4. The Labute approximate surface area is 138 Å². The van der Waals surface area contributed by atoms with Crippen LogP contribution in [0, 0.1) is 11.8 Å². The monoisotopic (exact) mass is 333 g/mol. The van der Waals surface area contributed by atoms with E-state index >= 15 is 0 Å². The molecule has 1 aromatic rings. The molecule has 1 heterocycles. The summed E-state index contributed by atoms with van der Waals surface area (Å²) in [7, 11) is 0. The molecule has 1 aliphatic heterocycles. The first-order valence-electron chi connectivity index (χ1n) is 7.52. The molecular weight excluding hydrogens is 318 g/mol. The van der Waals surface area contributed by atoms with Crippen molar-refractivity contribution in [2.45, 2.75) is 19.3 Å². The summed E-state index contributed by atoms with van der Waals surface area (Å²) in [4.78, 5) is 37.6. The van der Waals surface area contributed by atoms with Crippen LogP contribution in [0.5, 0.6) is 5.75 Å². The zero-order valence-corrected chi connectivity index (χ0v) is 13.2. The fraction of sp³-hybridized carbons (Fsp3) is 0.353. The van der Waals surface area contributed by atoms with Gasteiger partial charge < -0.3 is 4.74 Å². The Hall–Kier alpha value is -2.14. The molecule has 5 nitrogen and oxygen atoms in total. The van der Waals surface area contributed by atoms with Gasteiger partial charge in [-0.15, -0.1) is 0 Å². The highest BCUT2D eigenvalue weighted by Crippen LogP contribution is 2.35. The van der Waals surface area contributed by atoms with Crippen LogP contribution in [0.4, 0.5) is 0 Å². The maximum Gasteiger partial charge on any atom is 0.312 e. The summed E-state index contributed by atoms with van der Waals surface area (Å²) in [5.74, 6) is -1.05. The van der Waals surface area contributed by atoms with Gasteiger partial charge in [-0.25, -0.2) is 0 Å². The first-order valence-corrected chi connectivity index (χ1v) is 7.90. The van der Waals surface area contributed by atoms with Crippen molar-refractivity contribution in [3.05, 3.63) is 41.4 Å². The van der Waals surface area contributed by atoms with Gasteiger partial charge in [0.25, 0.3) is 0 Å². The summed E-state index contributed by atoms with van der Waals surface area (Å²) in [5.41, 5.74) is 0. The summed E-state index contributed by atoms with van der Waals surface area (Å²) in [6, 6.07) is 6.51. The van der Waals surface area contributed by atoms with E-state index in [1.165, 1.54) is 11.0 Å². The maximum absolute atomic E-state index is 12.3. The number of likely N-dealkylation sites (tertiary alicyclic amines) is 1. The van der Waals surface area contributed by atoms with E-state index < -0.39 is 5.97 Å². The second-order valence-corrected chi connectivity index (χ2v) is 6.10. The van der Waals surface area contributed by atoms with Crippen molar-refractivity contribution in [1.29, 1.82) is 0 Å². The van der Waals surface area contributed by atoms with E-state index in [4.69, 9.17) is 16.3 Å². The molecule has 0 radical (unpaired) electrons. The highest BCUT2D eigenvalue weighted by Gasteiger charge is 2.46. The van der Waals surface area contributed by atoms with Gasteiger partial charge in [-0.1, -0.05) is 29.8 Å². The lowest BCUT2D eigenvalue weighted by Crippen LogP contribution is -2.33. The molecule has 1 aliphatic carbocycles. The number of rotatable bonds is 4. The molecule has 6 heteroatoms. The quantitative estimate of drug-likeness (QED) is 0.368. The SMILES string of the molecule is O=C(CCN1C(=O)[C@@H]2CC=CC[C@H]2C1=O)Oc1cccc(Cl)c1. The largest absolute Gasteiger partial charge is 0.426 e. The normalized spacial score (nSPS) is 23.1. The Morgan fingerprint density at radius 2 is 1.83 bits per heavy atom. The van der Waals surface area contributed by atoms with Gasteiger partial charge in [0.1, 0.15) is 5.75 Å². The summed E-state index contributed by atoms with van der Waals surface area (Å²) in [6.07, 6.45) is 5.03. The number of amides is 2. The highest BCUT2D eigenvalue weighted by atomic mass is 35.5. The molecule has 0 saturated carbocycles. The molecule has 0 aromatic heterocycles. The molecule has 0 bridgehead atoms. The van der Waals surface area contributed by atoms with Crippen molar-refractivity contribution in [3.63, 3.8) is 0 Å². The lowest BCUT2D eigenvalue weighted by molar-refractivity contribution is -0.141. The number of halogens is 1. The first kappa shape index (κ1) is 15.7. The van der Waals surface area contributed by atoms with E-state index in [2.05, 4.69) is 0 Å². The Morgan fingerprint density at radius 1 is 1.17 bits per heavy atom. The smallest absolute Gasteiger partial charge is 0.312 e. The number of allylic oxidation sites excluding steroid dienone is 2. The van der Waals surface area contributed by atoms with Crippen LogP contribution >= 0.6 is 11.6 Å². The molecule has 1 saturated heterocycles. The minimum atomic E-state index is -0.499. The number of hydrogen-bond acceptors (Lipinski definition) is 4. The zero-order chi connectivity index (χ0) is 16.4. The predicted octanol–water partition coefficient (Wildman–Crippen LogP) is 2.59. The third kappa shape index (κ3) is 3.29. The lowest BCUT2D eigenvalue weighted by atomic mass is 9.85. The number of esters is 1. The van der Waals surface area contributed by atoms with E-state index in [9.17, 15) is 14.4 Å². The average molecular weight is 334 g/mol. The minimum absolute atomic E-state index is 0.0309. The molecule has 2 amide bonds. The summed E-state index contributed by atoms with van der Waals surface area (Å²) in [5, 5.41) is 0.469. The van der Waals surface area contributed by atoms with Crippen molar-refractivity contribution in [2.24, 2.45) is 11.8 Å². The Bertz CT molecular complexity index is 659. The third-order valence-electron chi connectivity index (χ3n) is 4.17. The van der Waals surface area contributed by atoms with Crippen LogP contribution in [0.25, 0.3) is 0 Å². The molecule has 3 rings (SSSR count). The molecule has 120 valence electrons. The Balaban J connectivity index is 1.57. The Kier molecular flexibility index (Phi) is 4.48. The van der Waals surface area contributed by atoms with Crippen LogP contribution < -0.4 is 4.74 Å². The number of carbonyl (C=O) groups excluding carboxylic acids is 3. The van der Waals surface area contributed by atoms with Crippen LogP contribution in [-0.2, 0) is 14.4 Å². The van der Waals surface area contributed by atoms with E-state index in [1.54, 1.807) is 18.2 Å². The van der Waals surface area contributed by atoms with Crippen molar-refractivity contribution >= 4 is 29.4 Å². The van der Waals surface area contributed by atoms with E-state index in [0.717, 1.165) is 0 Å². The van der Waals surface area contributed by atoms with Gasteiger partial charge in [0.15, 0.2) is 0 Å². The van der Waals surface area contributed by atoms with Gasteiger partial charge in [-0.05, 0) is 31.0 Å². The van der Waals surface area contributed by atoms with Crippen molar-refractivity contribution in [2.75, 3.05) is 6.54 Å². The van der Waals surface area contributed by atoms with Crippen molar-refractivity contribution < 1.29 is 19.1 Å². The van der Waals surface area contributed by atoms with Gasteiger partial charge in [0.05, 0.1) is 18.3 Å². The predicted molar refractivity (Wildman–Crippen MR) is 83.8 cm³/mol. The van der Waals surface area contributed by atoms with Gasteiger partial charge in [0.2, 0.25) is 11.8 Å². The van der Waals surface area contributed by atoms with Gasteiger partial charge >= 0.3 is 5.97 Å². The molecule has 1 fully saturated rings. The zero-order valence-electron chi connectivity index (χ0n) is 12.4. The highest BCUT2D eigenvalue weighted by molar-refractivity contribution is 6.30. The van der Waals surface area contributed by atoms with Gasteiger partial charge in [-0.3, -0.25) is 19.3 Å². The molecule has 0 unspecified atom stereocenters. The third-order valence-corrected chi connectivity index (χ3v) is 4.40. The van der Waals surface area contributed by atoms with Crippen LogP contribution in [0.15, 0.2) is 36.4 Å². The molecule has 2 atom stereocenters. The summed E-state index contributed by atoms with van der Waals surface area (Å²) >= 11 is 5.82. The second kappa shape index (κ2) is 6.54. The first-order chi connectivity index (χ1) is 11.1. The number of hydrogen-bond donors (Lipinski definition) is 0. The average Bonchev–Trinajstić information content (AvgIpc) is 2.77. The van der Waals surface area contributed by atoms with Crippen molar-refractivity contribution in [3.8, 4) is 5.75 Å². The Morgan fingerprint density at radius 3 is 2.43 bits per heavy atom. The van der Waals surface area contributed by atoms with Crippen molar-refractivity contribution in [1.82, 2.24) is 4.90 Å². The minimum Gasteiger partial charge on any atom is -0.426 e. The van der Waals surface area contributed by atoms with Crippen LogP contribution in [0.3, 0.4) is 0 Å². The van der Waals surface area contributed by atoms with Gasteiger partial charge in [-0.2, -0.15) is 0 Å². The van der Waals surface area contributed by atoms with E-state index in [-0.39, 0.29) is 36.6 Å². The second-order valence-electron chi connectivity index (χ2n) is 5.67. The number of carbonyl (C=O) groups is 3. The number of fused-ring (bicyclic) bond motifs is 1. The summed E-state index contributed by atoms with van der Waals surface area (Å²) in [6.45, 7) is 0.0596. The molecule has 1 aromatic carbocycles. The van der Waals surface area contributed by atoms with Crippen LogP contribution in [0.2, 0.25) is 5.02 Å². The van der Waals surface area contributed by atoms with Crippen LogP contribution in [-0.4, -0.2) is 29.2 Å². The fourth-order valence-corrected chi connectivity index (χ4v) is 3.19. The number of ether oxygens (including phenoxy) is 1. The number of imide groups is 1. The topological polar surface area (TPSA) is 63.7 Å². The standard InChI is InChI=1S/C17H16ClNO4/c18-11-4-3-5-12(10-11)23-15(20)8-9-19-16(21)13-6-1-2-7-14(13)17(19)22/h1-5,10,13-14H,6-9H2/t13-,14-/m1/s1. The molecule has 0 spiro atoms.